The molecule has 0 aromatic heterocycles. The summed E-state index contributed by atoms with van der Waals surface area (Å²) in [5.41, 5.74) is 0. The molecular weight excluding hydrogens is 320 g/mol. The van der Waals surface area contributed by atoms with Gasteiger partial charge in [-0.2, -0.15) is 0 Å². The van der Waals surface area contributed by atoms with E-state index >= 15 is 0 Å². The lowest BCUT2D eigenvalue weighted by molar-refractivity contribution is -0.306. The summed E-state index contributed by atoms with van der Waals surface area (Å²) < 4.78 is 9.99. The number of hydrogen-bond acceptors (Lipinski definition) is 11. The van der Waals surface area contributed by atoms with Crippen molar-refractivity contribution in [3.05, 3.63) is 0 Å². The van der Waals surface area contributed by atoms with Crippen LogP contribution in [0.2, 0.25) is 0 Å². The summed E-state index contributed by atoms with van der Waals surface area (Å²) in [5, 5.41) is 84.4. The van der Waals surface area contributed by atoms with E-state index in [9.17, 15) is 35.7 Å². The number of ether oxygens (including phenoxy) is 2. The highest BCUT2D eigenvalue weighted by Gasteiger charge is 2.44. The minimum Gasteiger partial charge on any atom is -0.394 e. The highest BCUT2D eigenvalue weighted by Crippen LogP contribution is 2.22. The quantitative estimate of drug-likeness (QED) is 0.203. The van der Waals surface area contributed by atoms with Crippen LogP contribution in [0.1, 0.15) is 0 Å². The molecule has 9 atom stereocenters. The Kier molecular flexibility index (Phi) is 8.20. The summed E-state index contributed by atoms with van der Waals surface area (Å²) in [4.78, 5) is 0. The van der Waals surface area contributed by atoms with Gasteiger partial charge in [-0.05, 0) is 0 Å². The lowest BCUT2D eigenvalue weighted by Gasteiger charge is -2.40. The van der Waals surface area contributed by atoms with Gasteiger partial charge in [-0.1, -0.05) is 0 Å². The average molecular weight is 344 g/mol. The highest BCUT2D eigenvalue weighted by molar-refractivity contribution is 4.89. The van der Waals surface area contributed by atoms with Crippen LogP contribution in [0.3, 0.4) is 0 Å². The predicted octanol–water partition coefficient (Wildman–Crippen LogP) is -5.76. The Morgan fingerprint density at radius 2 is 1.39 bits per heavy atom. The third-order valence-electron chi connectivity index (χ3n) is 3.61. The monoisotopic (exact) mass is 344 g/mol. The maximum atomic E-state index is 9.70. The van der Waals surface area contributed by atoms with Gasteiger partial charge in [0, 0.05) is 0 Å². The molecule has 0 aliphatic carbocycles. The van der Waals surface area contributed by atoms with Crippen molar-refractivity contribution in [2.45, 2.75) is 55.1 Å². The molecule has 23 heavy (non-hydrogen) atoms. The third-order valence-corrected chi connectivity index (χ3v) is 3.61. The molecule has 0 aromatic carbocycles. The first kappa shape index (κ1) is 20.6. The Labute approximate surface area is 131 Å². The van der Waals surface area contributed by atoms with Crippen molar-refractivity contribution in [1.82, 2.24) is 0 Å². The molecule has 0 bridgehead atoms. The van der Waals surface area contributed by atoms with Gasteiger partial charge >= 0.3 is 0 Å². The minimum atomic E-state index is -1.86. The Morgan fingerprint density at radius 1 is 0.826 bits per heavy atom. The van der Waals surface area contributed by atoms with E-state index in [-0.39, 0.29) is 0 Å². The zero-order chi connectivity index (χ0) is 17.7. The zero-order valence-electron chi connectivity index (χ0n) is 12.2. The van der Waals surface area contributed by atoms with Gasteiger partial charge in [-0.25, -0.2) is 0 Å². The van der Waals surface area contributed by atoms with Crippen LogP contribution in [0, 0.1) is 0 Å². The number of hydrogen-bond donors (Lipinski definition) is 9. The third kappa shape index (κ3) is 5.01. The molecule has 0 aromatic rings. The van der Waals surface area contributed by atoms with Crippen molar-refractivity contribution in [3.8, 4) is 0 Å². The second-order valence-corrected chi connectivity index (χ2v) is 5.33. The van der Waals surface area contributed by atoms with E-state index < -0.39 is 74.9 Å². The minimum absolute atomic E-state index is 0.655. The first-order valence-electron chi connectivity index (χ1n) is 6.99. The maximum absolute atomic E-state index is 9.70. The Hall–Kier alpha value is -0.440. The standard InChI is InChI=1S/C12H24O11/c13-1-4(15)7(17)8(18)5(16)3-22-12-11(21)10(20)9(19)6(2-14)23-12/h4-21H,1-3H2/t4-,5+,6+,7+,8+,9-,10-,11+,12-/m0/s1. The van der Waals surface area contributed by atoms with Crippen molar-refractivity contribution < 1.29 is 55.4 Å². The van der Waals surface area contributed by atoms with Gasteiger partial charge in [-0.15, -0.1) is 0 Å². The molecule has 0 saturated carbocycles. The molecule has 1 aliphatic heterocycles. The second kappa shape index (κ2) is 9.15. The largest absolute Gasteiger partial charge is 0.394 e. The van der Waals surface area contributed by atoms with E-state index in [1.165, 1.54) is 0 Å². The van der Waals surface area contributed by atoms with E-state index in [2.05, 4.69) is 0 Å². The van der Waals surface area contributed by atoms with Crippen LogP contribution in [0.15, 0.2) is 0 Å². The fourth-order valence-corrected chi connectivity index (χ4v) is 2.06. The number of aliphatic hydroxyl groups is 9. The van der Waals surface area contributed by atoms with Gasteiger partial charge in [0.25, 0.3) is 0 Å². The Morgan fingerprint density at radius 3 is 1.91 bits per heavy atom. The molecule has 1 fully saturated rings. The second-order valence-electron chi connectivity index (χ2n) is 5.33. The predicted molar refractivity (Wildman–Crippen MR) is 70.8 cm³/mol. The molecule has 1 rings (SSSR count). The fraction of sp³-hybridized carbons (Fsp3) is 1.00. The van der Waals surface area contributed by atoms with Crippen LogP contribution in [-0.2, 0) is 9.47 Å². The van der Waals surface area contributed by atoms with Gasteiger partial charge in [0.05, 0.1) is 19.8 Å². The molecule has 0 spiro atoms. The van der Waals surface area contributed by atoms with Gasteiger partial charge in [0.1, 0.15) is 48.8 Å². The molecule has 11 heteroatoms. The fourth-order valence-electron chi connectivity index (χ4n) is 2.06. The molecule has 1 heterocycles. The maximum Gasteiger partial charge on any atom is 0.186 e. The lowest BCUT2D eigenvalue weighted by Crippen LogP contribution is -2.59. The van der Waals surface area contributed by atoms with Crippen LogP contribution in [0.25, 0.3) is 0 Å². The number of aliphatic hydroxyl groups excluding tert-OH is 9. The van der Waals surface area contributed by atoms with E-state index in [1.54, 1.807) is 0 Å². The van der Waals surface area contributed by atoms with E-state index in [0.29, 0.717) is 0 Å². The first-order chi connectivity index (χ1) is 10.7. The SMILES string of the molecule is OC[C@H](O)[C@@H](O)[C@H](O)[C@H](O)CO[C@H]1O[C@H](CO)[C@H](O)[C@H](O)[C@H]1O. The molecule has 11 nitrogen and oxygen atoms in total. The Balaban J connectivity index is 2.55. The smallest absolute Gasteiger partial charge is 0.186 e. The van der Waals surface area contributed by atoms with Crippen molar-refractivity contribution in [1.29, 1.82) is 0 Å². The zero-order valence-corrected chi connectivity index (χ0v) is 12.2. The summed E-state index contributed by atoms with van der Waals surface area (Å²) in [6.07, 6.45) is -14.7. The van der Waals surface area contributed by atoms with Gasteiger partial charge in [-0.3, -0.25) is 0 Å². The van der Waals surface area contributed by atoms with Crippen molar-refractivity contribution in [2.24, 2.45) is 0 Å². The van der Waals surface area contributed by atoms with E-state index in [0.717, 1.165) is 0 Å². The topological polar surface area (TPSA) is 201 Å². The molecule has 1 saturated heterocycles. The molecule has 0 amide bonds. The first-order valence-corrected chi connectivity index (χ1v) is 6.99. The summed E-state index contributed by atoms with van der Waals surface area (Å²) >= 11 is 0. The van der Waals surface area contributed by atoms with Crippen LogP contribution < -0.4 is 0 Å². The normalized spacial score (nSPS) is 37.2. The average Bonchev–Trinajstić information content (AvgIpc) is 2.56. The van der Waals surface area contributed by atoms with E-state index in [1.807, 2.05) is 0 Å². The van der Waals surface area contributed by atoms with Gasteiger partial charge < -0.3 is 55.4 Å². The van der Waals surface area contributed by atoms with Crippen LogP contribution in [0.5, 0.6) is 0 Å². The molecule has 1 aliphatic rings. The van der Waals surface area contributed by atoms with Crippen LogP contribution in [0.4, 0.5) is 0 Å². The lowest BCUT2D eigenvalue weighted by atomic mass is 9.99. The summed E-state index contributed by atoms with van der Waals surface area (Å²) in [5.74, 6) is 0. The van der Waals surface area contributed by atoms with Crippen molar-refractivity contribution in [3.63, 3.8) is 0 Å². The van der Waals surface area contributed by atoms with Crippen molar-refractivity contribution in [2.75, 3.05) is 19.8 Å². The molecule has 9 N–H and O–H groups in total. The Bertz CT molecular complexity index is 341. The van der Waals surface area contributed by atoms with Crippen LogP contribution in [-0.4, -0.2) is 121 Å². The summed E-state index contributed by atoms with van der Waals surface area (Å²) in [7, 11) is 0. The summed E-state index contributed by atoms with van der Waals surface area (Å²) in [6.45, 7) is -2.16. The van der Waals surface area contributed by atoms with E-state index in [4.69, 9.17) is 19.7 Å². The van der Waals surface area contributed by atoms with Crippen molar-refractivity contribution >= 4 is 0 Å². The number of rotatable bonds is 8. The molecule has 0 radical (unpaired) electrons. The van der Waals surface area contributed by atoms with Gasteiger partial charge in [0.15, 0.2) is 6.29 Å². The molecular formula is C12H24O11. The van der Waals surface area contributed by atoms with Gasteiger partial charge in [0.2, 0.25) is 0 Å². The van der Waals surface area contributed by atoms with Crippen LogP contribution >= 0.6 is 0 Å². The summed E-state index contributed by atoms with van der Waals surface area (Å²) in [6, 6.07) is 0. The highest BCUT2D eigenvalue weighted by atomic mass is 16.7. The molecule has 138 valence electrons. The molecule has 0 unspecified atom stereocenters.